The average Bonchev–Trinajstić information content (AvgIpc) is 3.00. The van der Waals surface area contributed by atoms with Gasteiger partial charge in [-0.1, -0.05) is 6.07 Å². The fraction of sp³-hybridized carbons (Fsp3) is 0.300. The van der Waals surface area contributed by atoms with Crippen LogP contribution < -0.4 is 5.32 Å². The summed E-state index contributed by atoms with van der Waals surface area (Å²) < 4.78 is 38.5. The fourth-order valence-electron chi connectivity index (χ4n) is 3.03. The summed E-state index contributed by atoms with van der Waals surface area (Å²) >= 11 is 0. The van der Waals surface area contributed by atoms with Crippen LogP contribution in [0.15, 0.2) is 23.8 Å². The summed E-state index contributed by atoms with van der Waals surface area (Å²) in [5.41, 5.74) is 4.72. The molecule has 0 bridgehead atoms. The highest BCUT2D eigenvalue weighted by Crippen LogP contribution is 2.34. The molecule has 6 heteroatoms. The van der Waals surface area contributed by atoms with Crippen LogP contribution in [0.4, 0.5) is 19.0 Å². The number of hydrogen-bond donors (Lipinski definition) is 1. The second-order valence-electron chi connectivity index (χ2n) is 6.63. The number of fused-ring (bicyclic) bond motifs is 1. The van der Waals surface area contributed by atoms with E-state index >= 15 is 0 Å². The van der Waals surface area contributed by atoms with Crippen LogP contribution in [0, 0.1) is 27.7 Å². The predicted molar refractivity (Wildman–Crippen MR) is 94.9 cm³/mol. The molecule has 26 heavy (non-hydrogen) atoms. The van der Waals surface area contributed by atoms with E-state index in [-0.39, 0.29) is 5.91 Å². The van der Waals surface area contributed by atoms with Crippen molar-refractivity contribution in [2.75, 3.05) is 5.32 Å². The molecule has 1 heterocycles. The molecule has 0 atom stereocenters. The van der Waals surface area contributed by atoms with Crippen LogP contribution in [-0.4, -0.2) is 10.9 Å². The molecule has 3 rings (SSSR count). The Balaban J connectivity index is 1.86. The van der Waals surface area contributed by atoms with Gasteiger partial charge in [0.1, 0.15) is 5.82 Å². The van der Waals surface area contributed by atoms with E-state index in [4.69, 9.17) is 0 Å². The zero-order valence-electron chi connectivity index (χ0n) is 15.0. The van der Waals surface area contributed by atoms with E-state index in [0.29, 0.717) is 28.9 Å². The van der Waals surface area contributed by atoms with Crippen molar-refractivity contribution in [2.24, 2.45) is 0 Å². The maximum absolute atomic E-state index is 12.8. The van der Waals surface area contributed by atoms with Crippen molar-refractivity contribution in [1.82, 2.24) is 4.98 Å². The van der Waals surface area contributed by atoms with Gasteiger partial charge in [0, 0.05) is 17.7 Å². The summed E-state index contributed by atoms with van der Waals surface area (Å²) in [4.78, 5) is 17.0. The van der Waals surface area contributed by atoms with Gasteiger partial charge in [-0.15, -0.1) is 0 Å². The lowest BCUT2D eigenvalue weighted by atomic mass is 10.0. The minimum atomic E-state index is -4.40. The molecule has 0 spiro atoms. The van der Waals surface area contributed by atoms with Gasteiger partial charge in [-0.3, -0.25) is 4.79 Å². The van der Waals surface area contributed by atoms with Crippen molar-refractivity contribution in [3.63, 3.8) is 0 Å². The molecule has 0 fully saturated rings. The molecular weight excluding hydrogens is 341 g/mol. The van der Waals surface area contributed by atoms with Gasteiger partial charge < -0.3 is 5.32 Å². The Hall–Kier alpha value is -2.63. The fourth-order valence-corrected chi connectivity index (χ4v) is 3.03. The van der Waals surface area contributed by atoms with Gasteiger partial charge >= 0.3 is 6.18 Å². The number of aromatic nitrogens is 1. The first-order chi connectivity index (χ1) is 12.1. The van der Waals surface area contributed by atoms with Gasteiger partial charge in [-0.25, -0.2) is 4.98 Å². The molecule has 3 nitrogen and oxygen atoms in total. The highest BCUT2D eigenvalue weighted by molar-refractivity contribution is 6.08. The molecule has 1 aliphatic rings. The highest BCUT2D eigenvalue weighted by Gasteiger charge is 2.32. The van der Waals surface area contributed by atoms with Crippen LogP contribution in [0.3, 0.4) is 0 Å². The van der Waals surface area contributed by atoms with E-state index in [1.807, 2.05) is 27.7 Å². The molecule has 2 aromatic rings. The first-order valence-corrected chi connectivity index (χ1v) is 8.24. The Kier molecular flexibility index (Phi) is 4.38. The van der Waals surface area contributed by atoms with Crippen LogP contribution in [0.25, 0.3) is 6.08 Å². The van der Waals surface area contributed by atoms with Gasteiger partial charge in [-0.2, -0.15) is 13.2 Å². The SMILES string of the molecule is Cc1nc(NC(=O)C2=Cc3cc(C(F)(F)F)ccc3C2)c(C)c(C)c1C. The topological polar surface area (TPSA) is 42.0 Å². The van der Waals surface area contributed by atoms with E-state index in [1.165, 1.54) is 12.1 Å². The number of pyridine rings is 1. The number of nitrogens with one attached hydrogen (secondary N) is 1. The van der Waals surface area contributed by atoms with Gasteiger partial charge in [0.2, 0.25) is 0 Å². The Morgan fingerprint density at radius 2 is 1.77 bits per heavy atom. The number of amides is 1. The number of aryl methyl sites for hydroxylation is 1. The van der Waals surface area contributed by atoms with Crippen LogP contribution >= 0.6 is 0 Å². The summed E-state index contributed by atoms with van der Waals surface area (Å²) in [6.45, 7) is 7.71. The number of hydrogen-bond acceptors (Lipinski definition) is 2. The summed E-state index contributed by atoms with van der Waals surface area (Å²) in [5.74, 6) is 0.149. The third-order valence-electron chi connectivity index (χ3n) is 5.01. The lowest BCUT2D eigenvalue weighted by Gasteiger charge is -2.14. The van der Waals surface area contributed by atoms with Crippen LogP contribution in [0.2, 0.25) is 0 Å². The van der Waals surface area contributed by atoms with Crippen molar-refractivity contribution >= 4 is 17.8 Å². The Morgan fingerprint density at radius 1 is 1.08 bits per heavy atom. The zero-order valence-corrected chi connectivity index (χ0v) is 15.0. The number of halogens is 3. The molecule has 136 valence electrons. The average molecular weight is 360 g/mol. The maximum Gasteiger partial charge on any atom is 0.416 e. The normalized spacial score (nSPS) is 13.4. The molecule has 0 saturated carbocycles. The summed E-state index contributed by atoms with van der Waals surface area (Å²) in [6, 6.07) is 3.56. The lowest BCUT2D eigenvalue weighted by Crippen LogP contribution is -2.17. The lowest BCUT2D eigenvalue weighted by molar-refractivity contribution is -0.137. The second kappa shape index (κ2) is 6.27. The first-order valence-electron chi connectivity index (χ1n) is 8.24. The summed E-state index contributed by atoms with van der Waals surface area (Å²) in [5, 5.41) is 2.80. The molecule has 0 aliphatic heterocycles. The van der Waals surface area contributed by atoms with Gasteiger partial charge in [-0.05, 0) is 73.7 Å². The number of rotatable bonds is 2. The van der Waals surface area contributed by atoms with Crippen LogP contribution in [0.5, 0.6) is 0 Å². The number of nitrogens with zero attached hydrogens (tertiary/aromatic N) is 1. The maximum atomic E-state index is 12.8. The number of anilines is 1. The number of alkyl halides is 3. The molecule has 0 saturated heterocycles. The molecular formula is C20H19F3N2O. The quantitative estimate of drug-likeness (QED) is 0.827. The van der Waals surface area contributed by atoms with Crippen molar-refractivity contribution in [3.05, 3.63) is 62.8 Å². The third kappa shape index (κ3) is 3.23. The third-order valence-corrected chi connectivity index (χ3v) is 5.01. The largest absolute Gasteiger partial charge is 0.416 e. The van der Waals surface area contributed by atoms with Crippen molar-refractivity contribution in [1.29, 1.82) is 0 Å². The summed E-state index contributed by atoms with van der Waals surface area (Å²) in [6.07, 6.45) is -2.57. The number of carbonyl (C=O) groups is 1. The molecule has 0 unspecified atom stereocenters. The van der Waals surface area contributed by atoms with Gasteiger partial charge in [0.25, 0.3) is 5.91 Å². The van der Waals surface area contributed by atoms with E-state index in [2.05, 4.69) is 10.3 Å². The summed E-state index contributed by atoms with van der Waals surface area (Å²) in [7, 11) is 0. The molecule has 1 amide bonds. The van der Waals surface area contributed by atoms with Crippen LogP contribution in [-0.2, 0) is 17.4 Å². The minimum Gasteiger partial charge on any atom is -0.307 e. The van der Waals surface area contributed by atoms with Crippen molar-refractivity contribution in [3.8, 4) is 0 Å². The Morgan fingerprint density at radius 3 is 2.42 bits per heavy atom. The number of benzene rings is 1. The van der Waals surface area contributed by atoms with Crippen molar-refractivity contribution in [2.45, 2.75) is 40.3 Å². The smallest absolute Gasteiger partial charge is 0.307 e. The monoisotopic (exact) mass is 360 g/mol. The highest BCUT2D eigenvalue weighted by atomic mass is 19.4. The van der Waals surface area contributed by atoms with E-state index in [9.17, 15) is 18.0 Å². The zero-order chi connectivity index (χ0) is 19.2. The molecule has 1 aliphatic carbocycles. The Labute approximate surface area is 150 Å². The predicted octanol–water partition coefficient (Wildman–Crippen LogP) is 4.91. The van der Waals surface area contributed by atoms with E-state index in [1.54, 1.807) is 0 Å². The first kappa shape index (κ1) is 18.2. The molecule has 1 N–H and O–H groups in total. The number of carbonyl (C=O) groups excluding carboxylic acids is 1. The van der Waals surface area contributed by atoms with E-state index < -0.39 is 11.7 Å². The van der Waals surface area contributed by atoms with E-state index in [0.717, 1.165) is 34.5 Å². The Bertz CT molecular complexity index is 943. The molecule has 0 radical (unpaired) electrons. The van der Waals surface area contributed by atoms with Gasteiger partial charge in [0.15, 0.2) is 0 Å². The standard InChI is InChI=1S/C20H19F3N2O/c1-10-11(2)13(4)24-18(12(10)3)25-19(26)16-7-14-5-6-17(20(21,22)23)9-15(14)8-16/h5-6,8-9H,7H2,1-4H3,(H,24,25,26). The van der Waals surface area contributed by atoms with Gasteiger partial charge in [0.05, 0.1) is 5.56 Å². The molecule has 1 aromatic heterocycles. The van der Waals surface area contributed by atoms with Crippen LogP contribution in [0.1, 0.15) is 39.1 Å². The second-order valence-corrected chi connectivity index (χ2v) is 6.63. The minimum absolute atomic E-state index is 0.308. The molecule has 1 aromatic carbocycles. The van der Waals surface area contributed by atoms with Crippen molar-refractivity contribution < 1.29 is 18.0 Å².